The van der Waals surface area contributed by atoms with Crippen LogP contribution in [0.25, 0.3) is 22.3 Å². The third kappa shape index (κ3) is 2.77. The topological polar surface area (TPSA) is 88.2 Å². The summed E-state index contributed by atoms with van der Waals surface area (Å²) >= 11 is 0. The fourth-order valence-corrected chi connectivity index (χ4v) is 2.75. The van der Waals surface area contributed by atoms with Crippen LogP contribution in [-0.2, 0) is 0 Å². The van der Waals surface area contributed by atoms with E-state index in [0.717, 1.165) is 33.4 Å². The number of benzene rings is 3. The van der Waals surface area contributed by atoms with Gasteiger partial charge in [0.2, 0.25) is 0 Å². The average Bonchev–Trinajstić information content (AvgIpc) is 2.62. The largest absolute Gasteiger partial charge is 0.508 e. The molecular formula is C20H16N2O2. The maximum atomic E-state index is 9.54. The second-order valence-electron chi connectivity index (χ2n) is 5.38. The van der Waals surface area contributed by atoms with Gasteiger partial charge in [-0.1, -0.05) is 36.4 Å². The highest BCUT2D eigenvalue weighted by Crippen LogP contribution is 2.37. The summed E-state index contributed by atoms with van der Waals surface area (Å²) in [6.07, 6.45) is 2.56. The van der Waals surface area contributed by atoms with E-state index in [1.54, 1.807) is 60.7 Å². The lowest BCUT2D eigenvalue weighted by Crippen LogP contribution is -1.97. The van der Waals surface area contributed by atoms with E-state index in [2.05, 4.69) is 0 Å². The van der Waals surface area contributed by atoms with Gasteiger partial charge in [-0.05, 0) is 46.5 Å². The van der Waals surface area contributed by atoms with Gasteiger partial charge in [0.1, 0.15) is 11.5 Å². The van der Waals surface area contributed by atoms with Crippen molar-refractivity contribution in [3.63, 3.8) is 0 Å². The molecule has 0 heterocycles. The van der Waals surface area contributed by atoms with Crippen molar-refractivity contribution in [1.82, 2.24) is 0 Å². The van der Waals surface area contributed by atoms with Crippen molar-refractivity contribution in [3.05, 3.63) is 71.8 Å². The molecule has 24 heavy (non-hydrogen) atoms. The summed E-state index contributed by atoms with van der Waals surface area (Å²) in [5.41, 5.74) is 4.76. The third-order valence-corrected chi connectivity index (χ3v) is 3.89. The molecule has 4 nitrogen and oxygen atoms in total. The zero-order chi connectivity index (χ0) is 17.1. The number of phenolic OH excluding ortho intramolecular Hbond substituents is 2. The fourth-order valence-electron chi connectivity index (χ4n) is 2.75. The van der Waals surface area contributed by atoms with Crippen LogP contribution in [0.2, 0.25) is 0 Å². The molecule has 3 aromatic rings. The molecule has 3 rings (SSSR count). The molecule has 0 amide bonds. The Bertz CT molecular complexity index is 822. The quantitative estimate of drug-likeness (QED) is 0.537. The van der Waals surface area contributed by atoms with Crippen LogP contribution in [0.4, 0.5) is 0 Å². The van der Waals surface area contributed by atoms with Gasteiger partial charge in [-0.2, -0.15) is 0 Å². The minimum atomic E-state index is 0.171. The van der Waals surface area contributed by atoms with Gasteiger partial charge in [-0.3, -0.25) is 0 Å². The highest BCUT2D eigenvalue weighted by molar-refractivity contribution is 6.03. The molecule has 0 unspecified atom stereocenters. The summed E-state index contributed by atoms with van der Waals surface area (Å²) in [5.74, 6) is 0.342. The summed E-state index contributed by atoms with van der Waals surface area (Å²) in [6, 6.07) is 17.1. The van der Waals surface area contributed by atoms with Crippen LogP contribution in [0.1, 0.15) is 11.1 Å². The monoisotopic (exact) mass is 316 g/mol. The maximum absolute atomic E-state index is 9.54. The zero-order valence-corrected chi connectivity index (χ0v) is 12.8. The van der Waals surface area contributed by atoms with Crippen molar-refractivity contribution < 1.29 is 10.2 Å². The number of aromatic hydroxyl groups is 2. The fraction of sp³-hybridized carbons (Fsp3) is 0. The molecule has 0 saturated carbocycles. The number of rotatable bonds is 4. The Labute approximate surface area is 139 Å². The summed E-state index contributed by atoms with van der Waals surface area (Å²) in [5, 5.41) is 34.5. The zero-order valence-electron chi connectivity index (χ0n) is 12.8. The second-order valence-corrected chi connectivity index (χ2v) is 5.38. The highest BCUT2D eigenvalue weighted by Gasteiger charge is 2.15. The predicted octanol–water partition coefficient (Wildman–Crippen LogP) is 4.43. The first kappa shape index (κ1) is 15.5. The molecule has 0 saturated heterocycles. The van der Waals surface area contributed by atoms with Crippen molar-refractivity contribution in [2.75, 3.05) is 0 Å². The van der Waals surface area contributed by atoms with Gasteiger partial charge in [0.15, 0.2) is 0 Å². The first-order valence-electron chi connectivity index (χ1n) is 7.41. The van der Waals surface area contributed by atoms with Crippen LogP contribution in [0.15, 0.2) is 60.7 Å². The summed E-state index contributed by atoms with van der Waals surface area (Å²) < 4.78 is 0. The lowest BCUT2D eigenvalue weighted by atomic mass is 9.87. The molecule has 0 aromatic heterocycles. The molecule has 118 valence electrons. The molecule has 0 aliphatic carbocycles. The van der Waals surface area contributed by atoms with E-state index in [0.29, 0.717) is 0 Å². The minimum Gasteiger partial charge on any atom is -0.508 e. The molecule has 3 aromatic carbocycles. The van der Waals surface area contributed by atoms with Crippen molar-refractivity contribution in [2.45, 2.75) is 0 Å². The van der Waals surface area contributed by atoms with Crippen molar-refractivity contribution in [3.8, 4) is 33.8 Å². The van der Waals surface area contributed by atoms with Crippen LogP contribution < -0.4 is 0 Å². The van der Waals surface area contributed by atoms with Gasteiger partial charge in [0.05, 0.1) is 0 Å². The molecule has 0 radical (unpaired) electrons. The summed E-state index contributed by atoms with van der Waals surface area (Å²) in [4.78, 5) is 0. The van der Waals surface area contributed by atoms with Crippen LogP contribution in [0.3, 0.4) is 0 Å². The Morgan fingerprint density at radius 1 is 0.542 bits per heavy atom. The van der Waals surface area contributed by atoms with E-state index in [-0.39, 0.29) is 11.5 Å². The van der Waals surface area contributed by atoms with Crippen LogP contribution >= 0.6 is 0 Å². The number of phenols is 2. The smallest absolute Gasteiger partial charge is 0.115 e. The van der Waals surface area contributed by atoms with Crippen LogP contribution in [0.5, 0.6) is 11.5 Å². The lowest BCUT2D eigenvalue weighted by Gasteiger charge is -2.16. The molecule has 4 N–H and O–H groups in total. The Hall–Kier alpha value is -3.40. The SMILES string of the molecule is N=Cc1ccc(C=N)c(-c2ccc(O)cc2)c1-c1ccc(O)cc1. The van der Waals surface area contributed by atoms with Crippen molar-refractivity contribution in [2.24, 2.45) is 0 Å². The maximum Gasteiger partial charge on any atom is 0.115 e. The molecule has 0 aliphatic heterocycles. The standard InChI is InChI=1S/C20H16N2O2/c21-11-15-1-2-16(12-22)20(14-5-9-18(24)10-6-14)19(15)13-3-7-17(23)8-4-13/h1-12,21-24H. The van der Waals surface area contributed by atoms with Gasteiger partial charge in [-0.15, -0.1) is 0 Å². The highest BCUT2D eigenvalue weighted by atomic mass is 16.3. The Morgan fingerprint density at radius 2 is 0.875 bits per heavy atom. The number of hydrogen-bond acceptors (Lipinski definition) is 4. The summed E-state index contributed by atoms with van der Waals surface area (Å²) in [7, 11) is 0. The van der Waals surface area contributed by atoms with Gasteiger partial charge in [0, 0.05) is 23.6 Å². The number of hydrogen-bond donors (Lipinski definition) is 4. The first-order chi connectivity index (χ1) is 11.6. The minimum absolute atomic E-state index is 0.171. The van der Waals surface area contributed by atoms with E-state index < -0.39 is 0 Å². The predicted molar refractivity (Wildman–Crippen MR) is 96.4 cm³/mol. The second kappa shape index (κ2) is 6.38. The molecule has 4 heteroatoms. The van der Waals surface area contributed by atoms with Gasteiger partial charge >= 0.3 is 0 Å². The lowest BCUT2D eigenvalue weighted by molar-refractivity contribution is 0.475. The average molecular weight is 316 g/mol. The molecular weight excluding hydrogens is 300 g/mol. The van der Waals surface area contributed by atoms with Gasteiger partial charge in [-0.25, -0.2) is 0 Å². The van der Waals surface area contributed by atoms with E-state index in [1.165, 1.54) is 12.4 Å². The normalized spacial score (nSPS) is 10.3. The molecule has 0 aliphatic rings. The van der Waals surface area contributed by atoms with Gasteiger partial charge in [0.25, 0.3) is 0 Å². The molecule has 0 atom stereocenters. The van der Waals surface area contributed by atoms with E-state index in [9.17, 15) is 10.2 Å². The Kier molecular flexibility index (Phi) is 4.12. The van der Waals surface area contributed by atoms with Crippen molar-refractivity contribution >= 4 is 12.4 Å². The molecule has 0 spiro atoms. The summed E-state index contributed by atoms with van der Waals surface area (Å²) in [6.45, 7) is 0. The Balaban J connectivity index is 2.36. The molecule has 0 bridgehead atoms. The van der Waals surface area contributed by atoms with E-state index >= 15 is 0 Å². The number of nitrogens with one attached hydrogen (secondary N) is 2. The van der Waals surface area contributed by atoms with Crippen molar-refractivity contribution in [1.29, 1.82) is 10.8 Å². The first-order valence-corrected chi connectivity index (χ1v) is 7.41. The van der Waals surface area contributed by atoms with E-state index in [4.69, 9.17) is 10.8 Å². The third-order valence-electron chi connectivity index (χ3n) is 3.89. The van der Waals surface area contributed by atoms with Crippen LogP contribution in [0, 0.1) is 10.8 Å². The Morgan fingerprint density at radius 3 is 1.17 bits per heavy atom. The van der Waals surface area contributed by atoms with Crippen LogP contribution in [-0.4, -0.2) is 22.6 Å². The van der Waals surface area contributed by atoms with E-state index in [1.807, 2.05) is 0 Å². The molecule has 0 fully saturated rings. The van der Waals surface area contributed by atoms with Gasteiger partial charge < -0.3 is 21.0 Å².